The topological polar surface area (TPSA) is 53.4 Å². The van der Waals surface area contributed by atoms with Gasteiger partial charge < -0.3 is 10.2 Å². The van der Waals surface area contributed by atoms with Gasteiger partial charge in [-0.15, -0.1) is 0 Å². The van der Waals surface area contributed by atoms with Gasteiger partial charge in [-0.1, -0.05) is 43.3 Å². The summed E-state index contributed by atoms with van der Waals surface area (Å²) < 4.78 is 0. The molecule has 1 atom stereocenters. The van der Waals surface area contributed by atoms with Crippen LogP contribution in [0.2, 0.25) is 0 Å². The molecule has 1 aliphatic rings. The van der Waals surface area contributed by atoms with Gasteiger partial charge in [0.15, 0.2) is 11.5 Å². The molecule has 27 heavy (non-hydrogen) atoms. The highest BCUT2D eigenvalue weighted by atomic mass is 16.3. The number of nitrogens with zero attached hydrogens (tertiary/aromatic N) is 1. The molecule has 0 amide bonds. The molecule has 3 nitrogen and oxygen atoms in total. The Morgan fingerprint density at radius 3 is 2.67 bits per heavy atom. The van der Waals surface area contributed by atoms with Gasteiger partial charge in [0.25, 0.3) is 0 Å². The van der Waals surface area contributed by atoms with E-state index in [1.165, 1.54) is 22.0 Å². The molecule has 0 fully saturated rings. The van der Waals surface area contributed by atoms with Crippen LogP contribution in [0.3, 0.4) is 0 Å². The molecule has 0 bridgehead atoms. The van der Waals surface area contributed by atoms with Crippen LogP contribution < -0.4 is 0 Å². The molecule has 3 heteroatoms. The molecule has 1 aromatic heterocycles. The van der Waals surface area contributed by atoms with Crippen LogP contribution in [0, 0.1) is 5.92 Å². The van der Waals surface area contributed by atoms with Crippen LogP contribution in [0.25, 0.3) is 32.8 Å². The lowest BCUT2D eigenvalue weighted by molar-refractivity contribution is 0.404. The van der Waals surface area contributed by atoms with E-state index in [2.05, 4.69) is 37.3 Å². The normalized spacial score (nSPS) is 16.6. The predicted octanol–water partition coefficient (Wildman–Crippen LogP) is 5.59. The van der Waals surface area contributed by atoms with Gasteiger partial charge >= 0.3 is 0 Å². The summed E-state index contributed by atoms with van der Waals surface area (Å²) in [4.78, 5) is 5.03. The molecule has 2 N–H and O–H groups in total. The first-order chi connectivity index (χ1) is 13.1. The second kappa shape index (κ2) is 5.98. The molecule has 0 saturated heterocycles. The molecule has 0 radical (unpaired) electrons. The Hall–Kier alpha value is -3.07. The number of pyridine rings is 1. The Morgan fingerprint density at radius 2 is 1.81 bits per heavy atom. The zero-order chi connectivity index (χ0) is 18.5. The van der Waals surface area contributed by atoms with Crippen LogP contribution in [0.15, 0.2) is 54.6 Å². The fourth-order valence-electron chi connectivity index (χ4n) is 4.38. The number of rotatable bonds is 1. The highest BCUT2D eigenvalue weighted by Gasteiger charge is 2.23. The Labute approximate surface area is 157 Å². The van der Waals surface area contributed by atoms with Crippen molar-refractivity contribution < 1.29 is 10.2 Å². The van der Waals surface area contributed by atoms with Gasteiger partial charge in [0.05, 0.1) is 5.52 Å². The number of aromatic hydroxyl groups is 2. The Bertz CT molecular complexity index is 1200. The summed E-state index contributed by atoms with van der Waals surface area (Å²) >= 11 is 0. The van der Waals surface area contributed by atoms with E-state index in [-0.39, 0.29) is 11.5 Å². The van der Waals surface area contributed by atoms with E-state index in [0.717, 1.165) is 41.3 Å². The zero-order valence-corrected chi connectivity index (χ0v) is 15.2. The van der Waals surface area contributed by atoms with E-state index < -0.39 is 0 Å². The molecule has 4 aromatic rings. The number of aromatic nitrogens is 1. The molecular weight excluding hydrogens is 334 g/mol. The monoisotopic (exact) mass is 355 g/mol. The number of phenols is 2. The predicted molar refractivity (Wildman–Crippen MR) is 109 cm³/mol. The van der Waals surface area contributed by atoms with Gasteiger partial charge in [-0.3, -0.25) is 4.98 Å². The summed E-state index contributed by atoms with van der Waals surface area (Å²) in [7, 11) is 0. The molecule has 134 valence electrons. The van der Waals surface area contributed by atoms with Crippen LogP contribution in [-0.2, 0) is 12.8 Å². The van der Waals surface area contributed by atoms with Crippen molar-refractivity contribution in [1.82, 2.24) is 4.98 Å². The molecule has 5 rings (SSSR count). The van der Waals surface area contributed by atoms with Crippen molar-refractivity contribution in [2.75, 3.05) is 0 Å². The number of phenolic OH excluding ortho intramolecular Hbond substituents is 2. The van der Waals surface area contributed by atoms with Crippen LogP contribution in [0.1, 0.15) is 24.6 Å². The average molecular weight is 355 g/mol. The summed E-state index contributed by atoms with van der Waals surface area (Å²) in [5.74, 6) is 0.448. The van der Waals surface area contributed by atoms with E-state index in [9.17, 15) is 10.2 Å². The maximum atomic E-state index is 10.1. The largest absolute Gasteiger partial charge is 0.504 e. The lowest BCUT2D eigenvalue weighted by Gasteiger charge is -2.25. The average Bonchev–Trinajstić information content (AvgIpc) is 2.68. The standard InChI is InChI=1S/C24H21NO2/c1-14-6-9-18-20(12-14)25-19-10-7-15-4-2-3-5-17(15)24(19)23(18)16-8-11-21(26)22(27)13-16/h2-5,7-8,10-11,13-14,26-27H,6,9,12H2,1H3. The van der Waals surface area contributed by atoms with Gasteiger partial charge in [0.1, 0.15) is 0 Å². The third-order valence-corrected chi connectivity index (χ3v) is 5.76. The van der Waals surface area contributed by atoms with Gasteiger partial charge in [0.2, 0.25) is 0 Å². The van der Waals surface area contributed by atoms with E-state index >= 15 is 0 Å². The van der Waals surface area contributed by atoms with Gasteiger partial charge in [-0.2, -0.15) is 0 Å². The highest BCUT2D eigenvalue weighted by Crippen LogP contribution is 2.42. The van der Waals surface area contributed by atoms with Gasteiger partial charge in [-0.05, 0) is 70.8 Å². The van der Waals surface area contributed by atoms with E-state index in [1.807, 2.05) is 12.1 Å². The molecular formula is C24H21NO2. The molecule has 1 heterocycles. The summed E-state index contributed by atoms with van der Waals surface area (Å²) in [5, 5.41) is 23.4. The Morgan fingerprint density at radius 1 is 0.963 bits per heavy atom. The van der Waals surface area contributed by atoms with Crippen LogP contribution in [0.5, 0.6) is 11.5 Å². The molecule has 3 aromatic carbocycles. The molecule has 1 aliphatic carbocycles. The summed E-state index contributed by atoms with van der Waals surface area (Å²) in [6, 6.07) is 17.7. The van der Waals surface area contributed by atoms with E-state index in [0.29, 0.717) is 5.92 Å². The van der Waals surface area contributed by atoms with Crippen molar-refractivity contribution in [2.45, 2.75) is 26.2 Å². The molecule has 1 unspecified atom stereocenters. The summed E-state index contributed by atoms with van der Waals surface area (Å²) in [6.45, 7) is 2.28. The van der Waals surface area contributed by atoms with Crippen molar-refractivity contribution >= 4 is 21.7 Å². The minimum Gasteiger partial charge on any atom is -0.504 e. The lowest BCUT2D eigenvalue weighted by atomic mass is 9.82. The lowest BCUT2D eigenvalue weighted by Crippen LogP contribution is -2.14. The SMILES string of the molecule is CC1CCc2c(nc3ccc4ccccc4c3c2-c2ccc(O)c(O)c2)C1. The van der Waals surface area contributed by atoms with Crippen LogP contribution in [-0.4, -0.2) is 15.2 Å². The molecule has 0 aliphatic heterocycles. The number of benzene rings is 3. The third kappa shape index (κ3) is 2.54. The van der Waals surface area contributed by atoms with Crippen molar-refractivity contribution in [2.24, 2.45) is 5.92 Å². The van der Waals surface area contributed by atoms with E-state index in [1.54, 1.807) is 12.1 Å². The number of hydrogen-bond acceptors (Lipinski definition) is 3. The molecule has 0 spiro atoms. The highest BCUT2D eigenvalue weighted by molar-refractivity contribution is 6.14. The second-order valence-corrected chi connectivity index (χ2v) is 7.64. The van der Waals surface area contributed by atoms with Crippen molar-refractivity contribution in [3.05, 3.63) is 65.9 Å². The van der Waals surface area contributed by atoms with Crippen molar-refractivity contribution in [1.29, 1.82) is 0 Å². The summed E-state index contributed by atoms with van der Waals surface area (Å²) in [6.07, 6.45) is 3.11. The minimum atomic E-state index is -0.0931. The van der Waals surface area contributed by atoms with Gasteiger partial charge in [-0.25, -0.2) is 0 Å². The first-order valence-electron chi connectivity index (χ1n) is 9.47. The van der Waals surface area contributed by atoms with Crippen molar-refractivity contribution in [3.63, 3.8) is 0 Å². The first-order valence-corrected chi connectivity index (χ1v) is 9.47. The van der Waals surface area contributed by atoms with Crippen LogP contribution >= 0.6 is 0 Å². The number of hydrogen-bond donors (Lipinski definition) is 2. The fourth-order valence-corrected chi connectivity index (χ4v) is 4.38. The summed E-state index contributed by atoms with van der Waals surface area (Å²) in [5.41, 5.74) is 5.51. The van der Waals surface area contributed by atoms with Crippen LogP contribution in [0.4, 0.5) is 0 Å². The zero-order valence-electron chi connectivity index (χ0n) is 15.2. The first kappa shape index (κ1) is 16.1. The fraction of sp³-hybridized carbons (Fsp3) is 0.208. The Balaban J connectivity index is 1.95. The van der Waals surface area contributed by atoms with E-state index in [4.69, 9.17) is 4.98 Å². The quantitative estimate of drug-likeness (QED) is 0.346. The Kier molecular flexibility index (Phi) is 3.57. The third-order valence-electron chi connectivity index (χ3n) is 5.76. The maximum Gasteiger partial charge on any atom is 0.158 e. The molecule has 0 saturated carbocycles. The smallest absolute Gasteiger partial charge is 0.158 e. The van der Waals surface area contributed by atoms with Crippen molar-refractivity contribution in [3.8, 4) is 22.6 Å². The maximum absolute atomic E-state index is 10.1. The second-order valence-electron chi connectivity index (χ2n) is 7.64. The van der Waals surface area contributed by atoms with Gasteiger partial charge in [0, 0.05) is 11.1 Å². The minimum absolute atomic E-state index is 0.0874. The number of fused-ring (bicyclic) bond motifs is 4.